The lowest BCUT2D eigenvalue weighted by atomic mass is 10.1. The highest BCUT2D eigenvalue weighted by molar-refractivity contribution is 9.10. The maximum atomic E-state index is 12.2. The van der Waals surface area contributed by atoms with Crippen molar-refractivity contribution in [3.63, 3.8) is 0 Å². The molecule has 0 aliphatic carbocycles. The number of aliphatic hydroxyl groups excluding tert-OH is 2. The minimum Gasteiger partial charge on any atom is -0.395 e. The van der Waals surface area contributed by atoms with Gasteiger partial charge in [0.05, 0.1) is 23.7 Å². The molecule has 7 nitrogen and oxygen atoms in total. The van der Waals surface area contributed by atoms with Gasteiger partial charge in [0.25, 0.3) is 11.6 Å². The van der Waals surface area contributed by atoms with E-state index < -0.39 is 10.8 Å². The summed E-state index contributed by atoms with van der Waals surface area (Å²) in [7, 11) is 0. The second-order valence-electron chi connectivity index (χ2n) is 3.66. The Kier molecular flexibility index (Phi) is 5.87. The third-order valence-electron chi connectivity index (χ3n) is 2.42. The fraction of sp³-hybridized carbons (Fsp3) is 0.364. The summed E-state index contributed by atoms with van der Waals surface area (Å²) < 4.78 is 0.420. The highest BCUT2D eigenvalue weighted by Crippen LogP contribution is 2.23. The van der Waals surface area contributed by atoms with Gasteiger partial charge in [0.2, 0.25) is 0 Å². The zero-order chi connectivity index (χ0) is 14.4. The zero-order valence-electron chi connectivity index (χ0n) is 9.95. The third kappa shape index (κ3) is 3.98. The smallest absolute Gasteiger partial charge is 0.270 e. The summed E-state index contributed by atoms with van der Waals surface area (Å²) in [6.07, 6.45) is 0. The summed E-state index contributed by atoms with van der Waals surface area (Å²) in [6, 6.07) is 3.86. The predicted octanol–water partition coefficient (Wildman–Crippen LogP) is 0.784. The van der Waals surface area contributed by atoms with E-state index in [2.05, 4.69) is 15.9 Å². The average molecular weight is 333 g/mol. The second kappa shape index (κ2) is 7.17. The number of carbonyl (C=O) groups is 1. The van der Waals surface area contributed by atoms with E-state index in [0.717, 1.165) is 6.07 Å². The Hall–Kier alpha value is -1.51. The molecule has 0 aromatic heterocycles. The Morgan fingerprint density at radius 1 is 1.32 bits per heavy atom. The molecule has 0 heterocycles. The summed E-state index contributed by atoms with van der Waals surface area (Å²) in [6.45, 7) is -0.403. The van der Waals surface area contributed by atoms with Gasteiger partial charge < -0.3 is 15.1 Å². The zero-order valence-corrected chi connectivity index (χ0v) is 11.5. The Balaban J connectivity index is 3.08. The summed E-state index contributed by atoms with van der Waals surface area (Å²) in [5, 5.41) is 28.4. The maximum absolute atomic E-state index is 12.2. The molecule has 0 aliphatic rings. The van der Waals surface area contributed by atoms with E-state index in [-0.39, 0.29) is 37.6 Å². The molecule has 0 spiro atoms. The quantitative estimate of drug-likeness (QED) is 0.591. The van der Waals surface area contributed by atoms with Gasteiger partial charge in [-0.25, -0.2) is 0 Å². The number of nitro groups is 1. The van der Waals surface area contributed by atoms with Crippen LogP contribution in [0.2, 0.25) is 0 Å². The van der Waals surface area contributed by atoms with Crippen LogP contribution in [0.1, 0.15) is 10.4 Å². The number of hydrogen-bond acceptors (Lipinski definition) is 5. The molecule has 1 aromatic rings. The van der Waals surface area contributed by atoms with Crippen molar-refractivity contribution in [1.82, 2.24) is 4.90 Å². The van der Waals surface area contributed by atoms with Crippen LogP contribution in [-0.2, 0) is 0 Å². The second-order valence-corrected chi connectivity index (χ2v) is 4.52. The predicted molar refractivity (Wildman–Crippen MR) is 70.9 cm³/mol. The van der Waals surface area contributed by atoms with E-state index >= 15 is 0 Å². The van der Waals surface area contributed by atoms with E-state index in [1.807, 2.05) is 0 Å². The molecule has 0 radical (unpaired) electrons. The molecule has 0 atom stereocenters. The minimum atomic E-state index is -0.592. The normalized spacial score (nSPS) is 10.3. The van der Waals surface area contributed by atoms with Crippen molar-refractivity contribution in [3.8, 4) is 0 Å². The first-order valence-corrected chi connectivity index (χ1v) is 6.25. The molecule has 104 valence electrons. The fourth-order valence-electron chi connectivity index (χ4n) is 1.52. The summed E-state index contributed by atoms with van der Waals surface area (Å²) in [5.74, 6) is -0.487. The molecule has 1 rings (SSSR count). The molecule has 19 heavy (non-hydrogen) atoms. The molecular weight excluding hydrogens is 320 g/mol. The first-order chi connectivity index (χ1) is 9.01. The van der Waals surface area contributed by atoms with Gasteiger partial charge in [-0.05, 0) is 22.0 Å². The fourth-order valence-corrected chi connectivity index (χ4v) is 1.93. The molecular formula is C11H13BrN2O5. The first-order valence-electron chi connectivity index (χ1n) is 5.46. The van der Waals surface area contributed by atoms with E-state index in [1.165, 1.54) is 17.0 Å². The van der Waals surface area contributed by atoms with Crippen molar-refractivity contribution in [3.05, 3.63) is 38.3 Å². The number of nitrogens with zero attached hydrogens (tertiary/aromatic N) is 2. The number of nitro benzene ring substituents is 1. The molecule has 0 unspecified atom stereocenters. The van der Waals surface area contributed by atoms with Crippen LogP contribution in [0.3, 0.4) is 0 Å². The summed E-state index contributed by atoms with van der Waals surface area (Å²) in [4.78, 5) is 23.5. The van der Waals surface area contributed by atoms with Gasteiger partial charge in [-0.1, -0.05) is 0 Å². The van der Waals surface area contributed by atoms with Gasteiger partial charge >= 0.3 is 0 Å². The van der Waals surface area contributed by atoms with E-state index in [9.17, 15) is 14.9 Å². The van der Waals surface area contributed by atoms with E-state index in [1.54, 1.807) is 0 Å². The number of aliphatic hydroxyl groups is 2. The molecule has 0 bridgehead atoms. The van der Waals surface area contributed by atoms with Gasteiger partial charge in [-0.3, -0.25) is 14.9 Å². The standard InChI is InChI=1S/C11H13BrN2O5/c12-10-2-1-8(14(18)19)7-9(10)11(17)13(3-5-15)4-6-16/h1-2,7,15-16H,3-6H2. The van der Waals surface area contributed by atoms with Crippen molar-refractivity contribution in [2.75, 3.05) is 26.3 Å². The molecule has 0 saturated heterocycles. The lowest BCUT2D eigenvalue weighted by Crippen LogP contribution is -2.36. The van der Waals surface area contributed by atoms with Gasteiger partial charge in [-0.15, -0.1) is 0 Å². The third-order valence-corrected chi connectivity index (χ3v) is 3.11. The van der Waals surface area contributed by atoms with Crippen LogP contribution in [0.4, 0.5) is 5.69 Å². The molecule has 0 saturated carbocycles. The molecule has 2 N–H and O–H groups in total. The van der Waals surface area contributed by atoms with Crippen LogP contribution in [0.25, 0.3) is 0 Å². The summed E-state index contributed by atoms with van der Waals surface area (Å²) in [5.41, 5.74) is -0.0735. The van der Waals surface area contributed by atoms with Crippen LogP contribution in [0, 0.1) is 10.1 Å². The first kappa shape index (κ1) is 15.5. The van der Waals surface area contributed by atoms with Crippen LogP contribution >= 0.6 is 15.9 Å². The van der Waals surface area contributed by atoms with Crippen LogP contribution in [0.5, 0.6) is 0 Å². The molecule has 0 fully saturated rings. The Morgan fingerprint density at radius 2 is 1.89 bits per heavy atom. The number of rotatable bonds is 6. The molecule has 1 aromatic carbocycles. The minimum absolute atomic E-state index is 0.0501. The Morgan fingerprint density at radius 3 is 2.37 bits per heavy atom. The van der Waals surface area contributed by atoms with Gasteiger partial charge in [0.1, 0.15) is 0 Å². The number of carbonyl (C=O) groups excluding carboxylic acids is 1. The van der Waals surface area contributed by atoms with Crippen molar-refractivity contribution in [1.29, 1.82) is 0 Å². The number of hydrogen-bond donors (Lipinski definition) is 2. The number of amides is 1. The van der Waals surface area contributed by atoms with Crippen LogP contribution < -0.4 is 0 Å². The highest BCUT2D eigenvalue weighted by Gasteiger charge is 2.20. The van der Waals surface area contributed by atoms with Crippen LogP contribution in [-0.4, -0.2) is 52.2 Å². The van der Waals surface area contributed by atoms with Crippen molar-refractivity contribution in [2.45, 2.75) is 0 Å². The Bertz CT molecular complexity index is 474. The molecule has 1 amide bonds. The van der Waals surface area contributed by atoms with Crippen molar-refractivity contribution < 1.29 is 19.9 Å². The van der Waals surface area contributed by atoms with E-state index in [0.29, 0.717) is 4.47 Å². The van der Waals surface area contributed by atoms with Crippen molar-refractivity contribution >= 4 is 27.5 Å². The maximum Gasteiger partial charge on any atom is 0.270 e. The number of benzene rings is 1. The van der Waals surface area contributed by atoms with Crippen LogP contribution in [0.15, 0.2) is 22.7 Å². The lowest BCUT2D eigenvalue weighted by molar-refractivity contribution is -0.384. The van der Waals surface area contributed by atoms with Crippen molar-refractivity contribution in [2.24, 2.45) is 0 Å². The topological polar surface area (TPSA) is 104 Å². The highest BCUT2D eigenvalue weighted by atomic mass is 79.9. The Labute approximate surface area is 117 Å². The molecule has 0 aliphatic heterocycles. The monoisotopic (exact) mass is 332 g/mol. The van der Waals surface area contributed by atoms with Gasteiger partial charge in [0.15, 0.2) is 0 Å². The average Bonchev–Trinajstić information content (AvgIpc) is 2.38. The van der Waals surface area contributed by atoms with E-state index in [4.69, 9.17) is 10.2 Å². The lowest BCUT2D eigenvalue weighted by Gasteiger charge is -2.21. The number of halogens is 1. The number of non-ortho nitro benzene ring substituents is 1. The SMILES string of the molecule is O=C(c1cc([N+](=O)[O-])ccc1Br)N(CCO)CCO. The van der Waals surface area contributed by atoms with Gasteiger partial charge in [-0.2, -0.15) is 0 Å². The largest absolute Gasteiger partial charge is 0.395 e. The van der Waals surface area contributed by atoms with Gasteiger partial charge in [0, 0.05) is 29.7 Å². The molecule has 8 heteroatoms. The summed E-state index contributed by atoms with van der Waals surface area (Å²) >= 11 is 3.16.